The maximum atomic E-state index is 12.6. The number of hydrogen-bond donors (Lipinski definition) is 1. The van der Waals surface area contributed by atoms with Gasteiger partial charge in [-0.2, -0.15) is 5.10 Å². The van der Waals surface area contributed by atoms with E-state index in [0.29, 0.717) is 24.1 Å². The van der Waals surface area contributed by atoms with Gasteiger partial charge in [-0.3, -0.25) is 19.6 Å². The van der Waals surface area contributed by atoms with Crippen LogP contribution in [-0.4, -0.2) is 26.7 Å². The number of aryl methyl sites for hydroxylation is 2. The lowest BCUT2D eigenvalue weighted by Crippen LogP contribution is -2.56. The molecule has 1 N–H and O–H groups in total. The molecule has 1 unspecified atom stereocenters. The second-order valence-corrected chi connectivity index (χ2v) is 9.18. The van der Waals surface area contributed by atoms with Crippen molar-refractivity contribution in [1.29, 1.82) is 0 Å². The van der Waals surface area contributed by atoms with Gasteiger partial charge >= 0.3 is 5.69 Å². The molecule has 1 heterocycles. The van der Waals surface area contributed by atoms with Crippen LogP contribution < -0.4 is 5.32 Å². The smallest absolute Gasteiger partial charge is 0.309 e. The van der Waals surface area contributed by atoms with Crippen molar-refractivity contribution >= 4 is 11.6 Å². The third kappa shape index (κ3) is 3.48. The van der Waals surface area contributed by atoms with Crippen molar-refractivity contribution in [2.45, 2.75) is 77.8 Å². The second kappa shape index (κ2) is 6.91. The first-order chi connectivity index (χ1) is 12.9. The Labute approximate surface area is 160 Å². The molecule has 1 atom stereocenters. The van der Waals surface area contributed by atoms with Gasteiger partial charge in [0.2, 0.25) is 5.91 Å². The van der Waals surface area contributed by atoms with Crippen molar-refractivity contribution in [1.82, 2.24) is 15.1 Å². The van der Waals surface area contributed by atoms with Gasteiger partial charge in [-0.05, 0) is 75.0 Å². The fourth-order valence-electron chi connectivity index (χ4n) is 6.58. The van der Waals surface area contributed by atoms with E-state index in [0.717, 1.165) is 24.2 Å². The molecule has 1 aromatic rings. The summed E-state index contributed by atoms with van der Waals surface area (Å²) in [6.45, 7) is 4.18. The van der Waals surface area contributed by atoms with Crippen molar-refractivity contribution in [3.8, 4) is 0 Å². The highest BCUT2D eigenvalue weighted by atomic mass is 16.6. The third-order valence-electron chi connectivity index (χ3n) is 7.25. The molecule has 0 aromatic carbocycles. The van der Waals surface area contributed by atoms with E-state index in [4.69, 9.17) is 0 Å². The molecule has 0 saturated heterocycles. The molecule has 4 aliphatic carbocycles. The van der Waals surface area contributed by atoms with E-state index in [9.17, 15) is 14.9 Å². The number of rotatable bonds is 7. The first-order valence-corrected chi connectivity index (χ1v) is 10.4. The van der Waals surface area contributed by atoms with E-state index >= 15 is 0 Å². The number of aromatic nitrogens is 2. The lowest BCUT2D eigenvalue weighted by Gasteiger charge is -2.59. The minimum absolute atomic E-state index is 0.00964. The van der Waals surface area contributed by atoms with Gasteiger partial charge in [-0.25, -0.2) is 0 Å². The Bertz CT molecular complexity index is 706. The van der Waals surface area contributed by atoms with Gasteiger partial charge in [0, 0.05) is 19.0 Å². The minimum Gasteiger partial charge on any atom is -0.353 e. The predicted octanol–water partition coefficient (Wildman–Crippen LogP) is 3.60. The standard InChI is InChI=1S/C20H30N4O3/c1-3-18(20-9-14-6-15(10-20)8-16(7-14)11-20)21-19(25)4-5-23-12-17(24(26)27)13(2)22-23/h12,14-16,18H,3-11H2,1-2H3,(H,21,25). The molecule has 7 heteroatoms. The maximum absolute atomic E-state index is 12.6. The molecule has 0 aliphatic heterocycles. The molecule has 4 aliphatic rings. The number of nitrogens with zero attached hydrogens (tertiary/aromatic N) is 3. The first kappa shape index (κ1) is 18.4. The maximum Gasteiger partial charge on any atom is 0.309 e. The van der Waals surface area contributed by atoms with E-state index in [1.54, 1.807) is 6.92 Å². The van der Waals surface area contributed by atoms with Crippen LogP contribution in [0.3, 0.4) is 0 Å². The molecule has 0 radical (unpaired) electrons. The van der Waals surface area contributed by atoms with Gasteiger partial charge in [0.25, 0.3) is 0 Å². The zero-order chi connectivity index (χ0) is 19.2. The number of nitrogens with one attached hydrogen (secondary N) is 1. The van der Waals surface area contributed by atoms with E-state index in [-0.39, 0.29) is 17.6 Å². The SMILES string of the molecule is CCC(NC(=O)CCn1cc([N+](=O)[O-])c(C)n1)C12CC3CC(CC(C3)C1)C2. The van der Waals surface area contributed by atoms with Crippen molar-refractivity contribution in [3.05, 3.63) is 22.0 Å². The molecule has 1 amide bonds. The lowest BCUT2D eigenvalue weighted by atomic mass is 9.47. The molecular weight excluding hydrogens is 344 g/mol. The molecule has 1 aromatic heterocycles. The number of nitro groups is 1. The summed E-state index contributed by atoms with van der Waals surface area (Å²) >= 11 is 0. The van der Waals surface area contributed by atoms with Crippen molar-refractivity contribution in [2.75, 3.05) is 0 Å². The van der Waals surface area contributed by atoms with Crippen LogP contribution in [0.1, 0.15) is 64.0 Å². The van der Waals surface area contributed by atoms with E-state index in [1.165, 1.54) is 49.4 Å². The summed E-state index contributed by atoms with van der Waals surface area (Å²) in [4.78, 5) is 23.1. The van der Waals surface area contributed by atoms with Crippen LogP contribution in [0, 0.1) is 40.2 Å². The van der Waals surface area contributed by atoms with Crippen LogP contribution >= 0.6 is 0 Å². The Morgan fingerprint density at radius 2 is 1.93 bits per heavy atom. The molecule has 27 heavy (non-hydrogen) atoms. The summed E-state index contributed by atoms with van der Waals surface area (Å²) in [6, 6.07) is 0.257. The average molecular weight is 374 g/mol. The quantitative estimate of drug-likeness (QED) is 0.583. The zero-order valence-electron chi connectivity index (χ0n) is 16.3. The normalized spacial score (nSPS) is 32.4. The Balaban J connectivity index is 1.37. The summed E-state index contributed by atoms with van der Waals surface area (Å²) in [5.74, 6) is 2.65. The van der Waals surface area contributed by atoms with Gasteiger partial charge in [0.1, 0.15) is 11.9 Å². The predicted molar refractivity (Wildman–Crippen MR) is 101 cm³/mol. The van der Waals surface area contributed by atoms with Gasteiger partial charge in [0.15, 0.2) is 0 Å². The molecule has 4 saturated carbocycles. The molecule has 5 rings (SSSR count). The summed E-state index contributed by atoms with van der Waals surface area (Å²) in [5.41, 5.74) is 0.705. The van der Waals surface area contributed by atoms with Gasteiger partial charge in [-0.15, -0.1) is 0 Å². The number of carbonyl (C=O) groups excluding carboxylic acids is 1. The summed E-state index contributed by atoms with van der Waals surface area (Å²) in [6.07, 6.45) is 10.8. The zero-order valence-corrected chi connectivity index (χ0v) is 16.3. The van der Waals surface area contributed by atoms with Crippen LogP contribution in [0.4, 0.5) is 5.69 Å². The Morgan fingerprint density at radius 1 is 1.33 bits per heavy atom. The summed E-state index contributed by atoms with van der Waals surface area (Å²) in [5, 5.41) is 18.4. The highest BCUT2D eigenvalue weighted by molar-refractivity contribution is 5.76. The van der Waals surface area contributed by atoms with Crippen LogP contribution in [0.25, 0.3) is 0 Å². The van der Waals surface area contributed by atoms with Gasteiger partial charge in [0.05, 0.1) is 4.92 Å². The van der Waals surface area contributed by atoms with E-state index in [1.807, 2.05) is 0 Å². The van der Waals surface area contributed by atoms with Crippen molar-refractivity contribution in [2.24, 2.45) is 23.2 Å². The number of amides is 1. The van der Waals surface area contributed by atoms with Crippen LogP contribution in [0.2, 0.25) is 0 Å². The third-order valence-corrected chi connectivity index (χ3v) is 7.25. The Morgan fingerprint density at radius 3 is 2.41 bits per heavy atom. The molecule has 0 spiro atoms. The van der Waals surface area contributed by atoms with Gasteiger partial charge < -0.3 is 5.32 Å². The number of carbonyl (C=O) groups is 1. The van der Waals surface area contributed by atoms with Crippen LogP contribution in [0.5, 0.6) is 0 Å². The monoisotopic (exact) mass is 374 g/mol. The summed E-state index contributed by atoms with van der Waals surface area (Å²) < 4.78 is 1.51. The molecule has 4 fully saturated rings. The molecular formula is C20H30N4O3. The largest absolute Gasteiger partial charge is 0.353 e. The Hall–Kier alpha value is -1.92. The van der Waals surface area contributed by atoms with Gasteiger partial charge in [-0.1, -0.05) is 6.92 Å². The fourth-order valence-corrected chi connectivity index (χ4v) is 6.58. The highest BCUT2D eigenvalue weighted by Gasteiger charge is 2.53. The second-order valence-electron chi connectivity index (χ2n) is 9.18. The molecule has 148 valence electrons. The lowest BCUT2D eigenvalue weighted by molar-refractivity contribution is -0.385. The van der Waals surface area contributed by atoms with E-state index < -0.39 is 4.92 Å². The number of hydrogen-bond acceptors (Lipinski definition) is 4. The fraction of sp³-hybridized carbons (Fsp3) is 0.800. The molecule has 7 nitrogen and oxygen atoms in total. The average Bonchev–Trinajstić information content (AvgIpc) is 2.97. The highest BCUT2D eigenvalue weighted by Crippen LogP contribution is 2.61. The Kier molecular flexibility index (Phi) is 4.72. The van der Waals surface area contributed by atoms with Crippen molar-refractivity contribution in [3.63, 3.8) is 0 Å². The van der Waals surface area contributed by atoms with Crippen LogP contribution in [0.15, 0.2) is 6.20 Å². The van der Waals surface area contributed by atoms with Crippen LogP contribution in [-0.2, 0) is 11.3 Å². The minimum atomic E-state index is -0.431. The topological polar surface area (TPSA) is 90.1 Å². The first-order valence-electron chi connectivity index (χ1n) is 10.4. The van der Waals surface area contributed by atoms with Crippen molar-refractivity contribution < 1.29 is 9.72 Å². The van der Waals surface area contributed by atoms with E-state index in [2.05, 4.69) is 17.3 Å². The summed E-state index contributed by atoms with van der Waals surface area (Å²) in [7, 11) is 0. The molecule has 4 bridgehead atoms.